The first-order valence-electron chi connectivity index (χ1n) is 9.91. The van der Waals surface area contributed by atoms with Crippen molar-refractivity contribution in [3.63, 3.8) is 0 Å². The number of rotatable bonds is 4. The highest BCUT2D eigenvalue weighted by atomic mass is 19.4. The number of anilines is 2. The monoisotopic (exact) mass is 491 g/mol. The minimum Gasteiger partial charge on any atom is -0.497 e. The Balaban J connectivity index is 0.000000429. The number of para-hydroxylation sites is 1. The van der Waals surface area contributed by atoms with Crippen molar-refractivity contribution in [1.82, 2.24) is 19.9 Å². The van der Waals surface area contributed by atoms with Crippen molar-refractivity contribution in [3.8, 4) is 11.5 Å². The molecule has 2 aromatic heterocycles. The second kappa shape index (κ2) is 9.83. The number of nitrogens with zero attached hydrogens (tertiary/aromatic N) is 3. The maximum absolute atomic E-state index is 12.4. The zero-order valence-electron chi connectivity index (χ0n) is 18.9. The van der Waals surface area contributed by atoms with Gasteiger partial charge in [0, 0.05) is 11.5 Å². The van der Waals surface area contributed by atoms with Crippen LogP contribution in [0.5, 0.6) is 11.5 Å². The molecule has 0 radical (unpaired) electrons. The van der Waals surface area contributed by atoms with E-state index in [0.29, 0.717) is 33.9 Å². The summed E-state index contributed by atoms with van der Waals surface area (Å²) < 4.78 is 42.5. The number of carboxylic acids is 1. The van der Waals surface area contributed by atoms with E-state index in [1.807, 2.05) is 32.0 Å². The van der Waals surface area contributed by atoms with Gasteiger partial charge in [-0.05, 0) is 31.5 Å². The molecule has 0 spiro atoms. The Morgan fingerprint density at radius 1 is 1.03 bits per heavy atom. The van der Waals surface area contributed by atoms with Gasteiger partial charge in [-0.25, -0.2) is 19.7 Å². The predicted molar refractivity (Wildman–Crippen MR) is 121 cm³/mol. The van der Waals surface area contributed by atoms with Crippen molar-refractivity contribution in [1.29, 1.82) is 0 Å². The minimum absolute atomic E-state index is 0.226. The maximum Gasteiger partial charge on any atom is 0.490 e. The number of nitrogens with one attached hydrogen (secondary N) is 2. The van der Waals surface area contributed by atoms with E-state index in [1.54, 1.807) is 26.4 Å². The highest BCUT2D eigenvalue weighted by molar-refractivity contribution is 5.89. The number of ether oxygens (including phenoxy) is 2. The zero-order chi connectivity index (χ0) is 25.9. The normalized spacial score (nSPS) is 11.1. The van der Waals surface area contributed by atoms with Crippen LogP contribution >= 0.6 is 0 Å². The van der Waals surface area contributed by atoms with E-state index in [9.17, 15) is 18.0 Å². The van der Waals surface area contributed by atoms with Gasteiger partial charge in [0.2, 0.25) is 11.9 Å². The molecule has 13 heteroatoms. The number of halogens is 3. The molecular weight excluding hydrogens is 471 g/mol. The van der Waals surface area contributed by atoms with Crippen molar-refractivity contribution in [2.45, 2.75) is 20.0 Å². The summed E-state index contributed by atoms with van der Waals surface area (Å²) in [6.07, 6.45) is -5.08. The first-order chi connectivity index (χ1) is 16.4. The van der Waals surface area contributed by atoms with E-state index < -0.39 is 12.1 Å². The molecule has 0 amide bonds. The smallest absolute Gasteiger partial charge is 0.490 e. The second-order valence-electron chi connectivity index (χ2n) is 7.17. The lowest BCUT2D eigenvalue weighted by atomic mass is 10.1. The van der Waals surface area contributed by atoms with E-state index in [2.05, 4.69) is 25.3 Å². The van der Waals surface area contributed by atoms with Gasteiger partial charge in [0.1, 0.15) is 17.0 Å². The molecule has 0 saturated heterocycles. The number of aromatic amines is 1. The number of fused-ring (bicyclic) bond motifs is 2. The number of aromatic nitrogens is 4. The SMILES string of the molecule is COc1cc(OC)c2nc(Nc3nc4c(C)cccc4c(=O)[nH]3)nc(C)c2c1.O=C(O)C(F)(F)F. The molecule has 0 atom stereocenters. The van der Waals surface area contributed by atoms with E-state index in [0.717, 1.165) is 16.6 Å². The van der Waals surface area contributed by atoms with Crippen LogP contribution in [0.2, 0.25) is 0 Å². The minimum atomic E-state index is -5.08. The summed E-state index contributed by atoms with van der Waals surface area (Å²) in [4.78, 5) is 37.6. The van der Waals surface area contributed by atoms with Crippen LogP contribution < -0.4 is 20.3 Å². The van der Waals surface area contributed by atoms with Crippen molar-refractivity contribution < 1.29 is 32.5 Å². The average Bonchev–Trinajstić information content (AvgIpc) is 2.79. The van der Waals surface area contributed by atoms with E-state index >= 15 is 0 Å². The fraction of sp³-hybridized carbons (Fsp3) is 0.227. The predicted octanol–water partition coefficient (Wildman–Crippen LogP) is 3.88. The van der Waals surface area contributed by atoms with Gasteiger partial charge in [0.15, 0.2) is 0 Å². The van der Waals surface area contributed by atoms with Gasteiger partial charge in [-0.1, -0.05) is 12.1 Å². The number of aryl methyl sites for hydroxylation is 2. The van der Waals surface area contributed by atoms with Gasteiger partial charge >= 0.3 is 12.1 Å². The number of benzene rings is 2. The first-order valence-corrected chi connectivity index (χ1v) is 9.91. The van der Waals surface area contributed by atoms with Gasteiger partial charge in [-0.15, -0.1) is 0 Å². The van der Waals surface area contributed by atoms with Crippen LogP contribution in [0.25, 0.3) is 21.8 Å². The molecule has 0 saturated carbocycles. The lowest BCUT2D eigenvalue weighted by molar-refractivity contribution is -0.192. The number of aliphatic carboxylic acids is 1. The zero-order valence-corrected chi connectivity index (χ0v) is 18.9. The van der Waals surface area contributed by atoms with Gasteiger partial charge < -0.3 is 14.6 Å². The van der Waals surface area contributed by atoms with Gasteiger partial charge in [0.25, 0.3) is 5.56 Å². The Morgan fingerprint density at radius 3 is 2.31 bits per heavy atom. The molecule has 0 bridgehead atoms. The number of carboxylic acid groups (broad SMARTS) is 1. The van der Waals surface area contributed by atoms with Gasteiger partial charge in [-0.2, -0.15) is 13.2 Å². The first kappa shape index (κ1) is 25.2. The molecule has 0 aliphatic carbocycles. The highest BCUT2D eigenvalue weighted by Gasteiger charge is 2.38. The van der Waals surface area contributed by atoms with Crippen molar-refractivity contribution >= 4 is 39.7 Å². The third-order valence-electron chi connectivity index (χ3n) is 4.80. The summed E-state index contributed by atoms with van der Waals surface area (Å²) in [5.41, 5.74) is 2.70. The van der Waals surface area contributed by atoms with Crippen LogP contribution in [-0.2, 0) is 4.79 Å². The lowest BCUT2D eigenvalue weighted by Gasteiger charge is -2.12. The van der Waals surface area contributed by atoms with Crippen LogP contribution in [0.15, 0.2) is 35.1 Å². The second-order valence-corrected chi connectivity index (χ2v) is 7.17. The molecule has 0 fully saturated rings. The number of alkyl halides is 3. The maximum atomic E-state index is 12.4. The lowest BCUT2D eigenvalue weighted by Crippen LogP contribution is -2.21. The summed E-state index contributed by atoms with van der Waals surface area (Å²) in [5, 5.41) is 11.5. The number of carbonyl (C=O) groups is 1. The van der Waals surface area contributed by atoms with Crippen LogP contribution in [0.3, 0.4) is 0 Å². The summed E-state index contributed by atoms with van der Waals surface area (Å²) >= 11 is 0. The molecule has 0 aliphatic rings. The molecule has 2 heterocycles. The third kappa shape index (κ3) is 5.57. The van der Waals surface area contributed by atoms with Crippen molar-refractivity contribution in [3.05, 3.63) is 51.9 Å². The van der Waals surface area contributed by atoms with Crippen LogP contribution in [0.4, 0.5) is 25.1 Å². The Hall–Kier alpha value is -4.42. The number of H-pyrrole nitrogens is 1. The Morgan fingerprint density at radius 2 is 1.71 bits per heavy atom. The van der Waals surface area contributed by atoms with E-state index in [1.165, 1.54) is 0 Å². The average molecular weight is 491 g/mol. The Labute approximate surface area is 195 Å². The van der Waals surface area contributed by atoms with Gasteiger partial charge in [-0.3, -0.25) is 15.1 Å². The number of methoxy groups -OCH3 is 2. The third-order valence-corrected chi connectivity index (χ3v) is 4.80. The summed E-state index contributed by atoms with van der Waals surface area (Å²) in [5.74, 6) is -0.943. The molecule has 35 heavy (non-hydrogen) atoms. The van der Waals surface area contributed by atoms with Crippen molar-refractivity contribution in [2.24, 2.45) is 0 Å². The van der Waals surface area contributed by atoms with Crippen LogP contribution in [0, 0.1) is 13.8 Å². The largest absolute Gasteiger partial charge is 0.497 e. The van der Waals surface area contributed by atoms with Gasteiger partial charge in [0.05, 0.1) is 30.8 Å². The molecule has 4 aromatic rings. The number of hydrogen-bond donors (Lipinski definition) is 3. The molecule has 0 unspecified atom stereocenters. The van der Waals surface area contributed by atoms with E-state index in [4.69, 9.17) is 19.4 Å². The van der Waals surface area contributed by atoms with Crippen molar-refractivity contribution in [2.75, 3.05) is 19.5 Å². The highest BCUT2D eigenvalue weighted by Crippen LogP contribution is 2.32. The quantitative estimate of drug-likeness (QED) is 0.388. The molecular formula is C22H20F3N5O5. The Kier molecular flexibility index (Phi) is 7.08. The molecule has 3 N–H and O–H groups in total. The van der Waals surface area contributed by atoms with E-state index in [-0.39, 0.29) is 11.5 Å². The summed E-state index contributed by atoms with van der Waals surface area (Å²) in [6.45, 7) is 3.78. The molecule has 184 valence electrons. The Bertz CT molecular complexity index is 1470. The fourth-order valence-corrected chi connectivity index (χ4v) is 3.12. The summed E-state index contributed by atoms with van der Waals surface area (Å²) in [6, 6.07) is 9.10. The fourth-order valence-electron chi connectivity index (χ4n) is 3.12. The summed E-state index contributed by atoms with van der Waals surface area (Å²) in [7, 11) is 3.17. The topological polar surface area (TPSA) is 139 Å². The van der Waals surface area contributed by atoms with Crippen LogP contribution in [-0.4, -0.2) is 51.4 Å². The molecule has 4 rings (SSSR count). The molecule has 10 nitrogen and oxygen atoms in total. The standard InChI is InChI=1S/C20H19N5O3.C2HF3O2/c1-10-6-5-7-13-16(10)22-20(24-18(13)26)25-19-21-11(2)14-8-12(27-3)9-15(28-4)17(14)23-19;3-2(4,5)1(6)7/h5-9H,1-4H3,(H2,21,22,23,24,25,26);(H,6,7). The number of hydrogen-bond acceptors (Lipinski definition) is 8. The van der Waals surface area contributed by atoms with Crippen LogP contribution in [0.1, 0.15) is 11.3 Å². The molecule has 2 aromatic carbocycles. The molecule has 0 aliphatic heterocycles.